The van der Waals surface area contributed by atoms with Gasteiger partial charge in [0.1, 0.15) is 5.15 Å². The Morgan fingerprint density at radius 1 is 1.05 bits per heavy atom. The molecule has 2 unspecified atom stereocenters. The Balaban J connectivity index is 1.31. The van der Waals surface area contributed by atoms with Gasteiger partial charge in [0.2, 0.25) is 5.91 Å². The zero-order valence-corrected chi connectivity index (χ0v) is 25.5. The smallest absolute Gasteiger partial charge is 0.339 e. The van der Waals surface area contributed by atoms with Gasteiger partial charge in [-0.15, -0.1) is 0 Å². The van der Waals surface area contributed by atoms with Crippen LogP contribution in [-0.4, -0.2) is 55.4 Å². The molecule has 1 aromatic carbocycles. The van der Waals surface area contributed by atoms with Gasteiger partial charge in [-0.1, -0.05) is 67.3 Å². The van der Waals surface area contributed by atoms with Crippen LogP contribution in [0.5, 0.6) is 0 Å². The van der Waals surface area contributed by atoms with Crippen LogP contribution in [0.4, 0.5) is 13.2 Å². The number of nitrogens with zero attached hydrogens (tertiary/aromatic N) is 2. The summed E-state index contributed by atoms with van der Waals surface area (Å²) in [5.74, 6) is 0.447. The molecule has 12 heteroatoms. The predicted octanol–water partition coefficient (Wildman–Crippen LogP) is 5.82. The van der Waals surface area contributed by atoms with E-state index in [9.17, 15) is 26.4 Å². The number of hydrogen-bond acceptors (Lipinski definition) is 5. The quantitative estimate of drug-likeness (QED) is 0.403. The van der Waals surface area contributed by atoms with Crippen LogP contribution in [0.15, 0.2) is 42.5 Å². The summed E-state index contributed by atoms with van der Waals surface area (Å²) in [6.07, 6.45) is 7.98. The van der Waals surface area contributed by atoms with Crippen molar-refractivity contribution in [1.82, 2.24) is 19.9 Å². The van der Waals surface area contributed by atoms with Crippen molar-refractivity contribution < 1.29 is 26.4 Å². The maximum Gasteiger partial charge on any atom is 0.511 e. The lowest BCUT2D eigenvalue weighted by Crippen LogP contribution is -2.55. The van der Waals surface area contributed by atoms with E-state index in [1.54, 1.807) is 12.1 Å². The SMILES string of the molecule is O=C(C1CNC[C@]12CCC(NS(=O)(=O)C(F)(F)F)c1nc(Cl)ccc12)N1CC[C@@H](c2ccccc2)C[C@H]1C1CCCCC1. The first-order valence-corrected chi connectivity index (χ1v) is 17.2. The van der Waals surface area contributed by atoms with E-state index in [4.69, 9.17) is 11.6 Å². The van der Waals surface area contributed by atoms with E-state index in [1.807, 2.05) is 10.8 Å². The van der Waals surface area contributed by atoms with Crippen LogP contribution in [-0.2, 0) is 20.2 Å². The number of rotatable bonds is 5. The summed E-state index contributed by atoms with van der Waals surface area (Å²) in [6.45, 7) is 1.55. The van der Waals surface area contributed by atoms with Crippen LogP contribution in [0.2, 0.25) is 5.15 Å². The number of amides is 1. The molecule has 7 nitrogen and oxygen atoms in total. The largest absolute Gasteiger partial charge is 0.511 e. The molecular weight excluding hydrogens is 601 g/mol. The molecule has 0 bridgehead atoms. The van der Waals surface area contributed by atoms with Crippen molar-refractivity contribution in [3.63, 3.8) is 0 Å². The molecule has 43 heavy (non-hydrogen) atoms. The molecule has 234 valence electrons. The van der Waals surface area contributed by atoms with Gasteiger partial charge in [-0.05, 0) is 67.6 Å². The number of likely N-dealkylation sites (tertiary alicyclic amines) is 1. The average Bonchev–Trinajstić information content (AvgIpc) is 3.42. The minimum Gasteiger partial charge on any atom is -0.339 e. The molecule has 2 aromatic rings. The highest BCUT2D eigenvalue weighted by atomic mass is 35.5. The number of sulfonamides is 1. The molecule has 1 amide bonds. The van der Waals surface area contributed by atoms with Crippen LogP contribution < -0.4 is 10.0 Å². The van der Waals surface area contributed by atoms with Gasteiger partial charge < -0.3 is 10.2 Å². The van der Waals surface area contributed by atoms with E-state index in [2.05, 4.69) is 39.5 Å². The summed E-state index contributed by atoms with van der Waals surface area (Å²) < 4.78 is 65.8. The van der Waals surface area contributed by atoms with E-state index in [-0.39, 0.29) is 29.2 Å². The second-order valence-corrected chi connectivity index (χ2v) is 14.8. The summed E-state index contributed by atoms with van der Waals surface area (Å²) in [5.41, 5.74) is -4.10. The molecule has 1 aromatic heterocycles. The Bertz CT molecular complexity index is 1440. The number of hydrogen-bond donors (Lipinski definition) is 2. The van der Waals surface area contributed by atoms with Gasteiger partial charge in [0.15, 0.2) is 0 Å². The van der Waals surface area contributed by atoms with Gasteiger partial charge in [-0.25, -0.2) is 13.4 Å². The maximum absolute atomic E-state index is 14.7. The molecule has 4 aliphatic rings. The number of piperidine rings is 1. The Hall–Kier alpha value is -2.21. The first-order valence-electron chi connectivity index (χ1n) is 15.3. The van der Waals surface area contributed by atoms with Crippen molar-refractivity contribution in [2.45, 2.75) is 86.7 Å². The van der Waals surface area contributed by atoms with Gasteiger partial charge >= 0.3 is 15.5 Å². The highest BCUT2D eigenvalue weighted by Gasteiger charge is 2.55. The normalized spacial score (nSPS) is 30.4. The Labute approximate surface area is 256 Å². The van der Waals surface area contributed by atoms with Gasteiger partial charge in [-0.2, -0.15) is 17.9 Å². The molecule has 2 aliphatic carbocycles. The van der Waals surface area contributed by atoms with Crippen molar-refractivity contribution in [2.75, 3.05) is 19.6 Å². The van der Waals surface area contributed by atoms with E-state index < -0.39 is 32.9 Å². The number of alkyl halides is 3. The third-order valence-corrected chi connectivity index (χ3v) is 11.8. The van der Waals surface area contributed by atoms with Crippen LogP contribution in [0.25, 0.3) is 0 Å². The summed E-state index contributed by atoms with van der Waals surface area (Å²) in [6, 6.07) is 12.7. The first kappa shape index (κ1) is 30.8. The van der Waals surface area contributed by atoms with Crippen LogP contribution >= 0.6 is 11.6 Å². The second kappa shape index (κ2) is 11.9. The number of carbonyl (C=O) groups is 1. The molecule has 0 radical (unpaired) electrons. The highest BCUT2D eigenvalue weighted by molar-refractivity contribution is 7.90. The third-order valence-electron chi connectivity index (χ3n) is 10.4. The standard InChI is InChI=1S/C31H38ClF3N4O3S/c32-27-12-11-23-28(37-27)25(38-43(41,42)31(33,34)35)13-15-30(23)19-36-18-24(30)29(40)39-16-14-22(20-7-3-1-4-8-20)17-26(39)21-9-5-2-6-10-21/h1,3-4,7-8,11-12,21-22,24-26,36,38H,2,5-6,9-10,13-19H2/t22-,24?,25?,26+,30+/m1/s1. The topological polar surface area (TPSA) is 91.4 Å². The molecule has 1 spiro atoms. The van der Waals surface area contributed by atoms with E-state index in [0.717, 1.165) is 25.7 Å². The second-order valence-electron chi connectivity index (χ2n) is 12.7. The monoisotopic (exact) mass is 638 g/mol. The molecule has 6 rings (SSSR count). The van der Waals surface area contributed by atoms with E-state index in [1.165, 1.54) is 24.8 Å². The van der Waals surface area contributed by atoms with Crippen molar-refractivity contribution in [3.05, 3.63) is 64.4 Å². The molecule has 3 fully saturated rings. The molecule has 5 atom stereocenters. The molecule has 2 aliphatic heterocycles. The molecular formula is C31H38ClF3N4O3S. The van der Waals surface area contributed by atoms with Crippen LogP contribution in [0, 0.1) is 11.8 Å². The zero-order valence-electron chi connectivity index (χ0n) is 24.0. The lowest BCUT2D eigenvalue weighted by molar-refractivity contribution is -0.143. The summed E-state index contributed by atoms with van der Waals surface area (Å²) in [7, 11) is -5.61. The minimum absolute atomic E-state index is 0.0567. The number of benzene rings is 1. The Morgan fingerprint density at radius 3 is 2.51 bits per heavy atom. The first-order chi connectivity index (χ1) is 20.5. The maximum atomic E-state index is 14.7. The fourth-order valence-electron chi connectivity index (χ4n) is 8.27. The van der Waals surface area contributed by atoms with Gasteiger partial charge in [0.25, 0.3) is 0 Å². The lowest BCUT2D eigenvalue weighted by Gasteiger charge is -2.48. The number of pyridine rings is 1. The Morgan fingerprint density at radius 2 is 1.79 bits per heavy atom. The molecule has 2 N–H and O–H groups in total. The Kier molecular flexibility index (Phi) is 8.56. The number of halogens is 4. The van der Waals surface area contributed by atoms with Gasteiger partial charge in [0.05, 0.1) is 17.7 Å². The van der Waals surface area contributed by atoms with Crippen molar-refractivity contribution in [1.29, 1.82) is 0 Å². The van der Waals surface area contributed by atoms with Gasteiger partial charge in [0, 0.05) is 31.1 Å². The van der Waals surface area contributed by atoms with E-state index >= 15 is 0 Å². The summed E-state index contributed by atoms with van der Waals surface area (Å²) in [5, 5.41) is 3.45. The average molecular weight is 639 g/mol. The van der Waals surface area contributed by atoms with Crippen molar-refractivity contribution >= 4 is 27.5 Å². The highest BCUT2D eigenvalue weighted by Crippen LogP contribution is 2.50. The minimum atomic E-state index is -5.61. The number of aromatic nitrogens is 1. The molecule has 3 heterocycles. The zero-order chi connectivity index (χ0) is 30.4. The lowest BCUT2D eigenvalue weighted by atomic mass is 9.64. The van der Waals surface area contributed by atoms with Crippen LogP contribution in [0.3, 0.4) is 0 Å². The fourth-order valence-corrected chi connectivity index (χ4v) is 9.16. The fraction of sp³-hybridized carbons (Fsp3) is 0.613. The van der Waals surface area contributed by atoms with E-state index in [0.29, 0.717) is 43.5 Å². The summed E-state index contributed by atoms with van der Waals surface area (Å²) in [4.78, 5) is 21.1. The third kappa shape index (κ3) is 5.82. The number of fused-ring (bicyclic) bond motifs is 2. The van der Waals surface area contributed by atoms with Crippen molar-refractivity contribution in [2.24, 2.45) is 11.8 Å². The summed E-state index contributed by atoms with van der Waals surface area (Å²) >= 11 is 6.19. The number of nitrogens with one attached hydrogen (secondary N) is 2. The molecule has 1 saturated carbocycles. The van der Waals surface area contributed by atoms with Crippen LogP contribution in [0.1, 0.15) is 86.6 Å². The predicted molar refractivity (Wildman–Crippen MR) is 158 cm³/mol. The van der Waals surface area contributed by atoms with Crippen molar-refractivity contribution in [3.8, 4) is 0 Å². The number of carbonyl (C=O) groups excluding carboxylic acids is 1. The van der Waals surface area contributed by atoms with Gasteiger partial charge in [-0.3, -0.25) is 4.79 Å². The molecule has 2 saturated heterocycles.